The first kappa shape index (κ1) is 16.2. The second-order valence-corrected chi connectivity index (χ2v) is 6.08. The van der Waals surface area contributed by atoms with E-state index in [0.717, 1.165) is 5.70 Å². The summed E-state index contributed by atoms with van der Waals surface area (Å²) in [5.74, 6) is 0. The Morgan fingerprint density at radius 3 is 2.15 bits per heavy atom. The summed E-state index contributed by atoms with van der Waals surface area (Å²) in [4.78, 5) is 3.85. The quantitative estimate of drug-likeness (QED) is 0.501. The average molecular weight is 267 g/mol. The number of rotatable bonds is 4. The van der Waals surface area contributed by atoms with Crippen LogP contribution in [0.15, 0.2) is 58.8 Å². The van der Waals surface area contributed by atoms with Gasteiger partial charge in [0.15, 0.2) is 0 Å². The van der Waals surface area contributed by atoms with Crippen LogP contribution in [0.1, 0.15) is 45.7 Å². The van der Waals surface area contributed by atoms with Gasteiger partial charge in [0.1, 0.15) is 0 Å². The van der Waals surface area contributed by atoms with Gasteiger partial charge >= 0.3 is 0 Å². The molecule has 20 heavy (non-hydrogen) atoms. The molecule has 0 bridgehead atoms. The molecule has 0 amide bonds. The lowest BCUT2D eigenvalue weighted by Crippen LogP contribution is -2.10. The van der Waals surface area contributed by atoms with Crippen LogP contribution in [0.3, 0.4) is 0 Å². The highest BCUT2D eigenvalue weighted by atomic mass is 14.7. The van der Waals surface area contributed by atoms with Gasteiger partial charge in [-0.05, 0) is 43.2 Å². The third-order valence-electron chi connectivity index (χ3n) is 3.15. The molecule has 1 heteroatoms. The summed E-state index contributed by atoms with van der Waals surface area (Å²) in [6, 6.07) is 8.72. The number of nitrogens with zero attached hydrogens (tertiary/aromatic N) is 1. The van der Waals surface area contributed by atoms with Crippen molar-refractivity contribution in [3.05, 3.63) is 64.9 Å². The molecular formula is C19H25N. The van der Waals surface area contributed by atoms with Gasteiger partial charge in [0.2, 0.25) is 0 Å². The van der Waals surface area contributed by atoms with Crippen LogP contribution >= 0.6 is 0 Å². The predicted octanol–water partition coefficient (Wildman–Crippen LogP) is 5.55. The standard InChI is InChI=1S/C19H25N/c1-15(7-9-16(2)20-6)8-10-17-11-13-18(14-12-17)19(3,4)5/h7-14H,6H2,1-5H3/b10-8+,15-7+,16-9-. The first-order chi connectivity index (χ1) is 9.32. The van der Waals surface area contributed by atoms with Crippen molar-refractivity contribution in [3.8, 4) is 0 Å². The second-order valence-electron chi connectivity index (χ2n) is 6.08. The fourth-order valence-corrected chi connectivity index (χ4v) is 1.68. The van der Waals surface area contributed by atoms with Crippen LogP contribution in [-0.4, -0.2) is 6.72 Å². The van der Waals surface area contributed by atoms with E-state index in [4.69, 9.17) is 0 Å². The minimum Gasteiger partial charge on any atom is -0.269 e. The number of hydrogen-bond acceptors (Lipinski definition) is 1. The zero-order chi connectivity index (χ0) is 15.2. The van der Waals surface area contributed by atoms with Gasteiger partial charge in [-0.2, -0.15) is 0 Å². The Labute approximate surface area is 123 Å². The van der Waals surface area contributed by atoms with Crippen LogP contribution in [0.4, 0.5) is 0 Å². The Morgan fingerprint density at radius 2 is 1.65 bits per heavy atom. The molecule has 1 aromatic carbocycles. The third-order valence-corrected chi connectivity index (χ3v) is 3.15. The first-order valence-electron chi connectivity index (χ1n) is 6.93. The van der Waals surface area contributed by atoms with E-state index in [2.05, 4.69) is 75.8 Å². The molecule has 0 spiro atoms. The molecule has 0 aliphatic rings. The Hall–Kier alpha value is -1.89. The maximum absolute atomic E-state index is 3.85. The first-order valence-corrected chi connectivity index (χ1v) is 6.93. The molecule has 0 saturated heterocycles. The molecule has 0 radical (unpaired) electrons. The molecule has 0 aliphatic carbocycles. The van der Waals surface area contributed by atoms with E-state index < -0.39 is 0 Å². The normalized spacial score (nSPS) is 13.8. The lowest BCUT2D eigenvalue weighted by Gasteiger charge is -2.18. The summed E-state index contributed by atoms with van der Waals surface area (Å²) in [7, 11) is 0. The topological polar surface area (TPSA) is 12.4 Å². The Bertz CT molecular complexity index is 534. The highest BCUT2D eigenvalue weighted by Gasteiger charge is 2.12. The van der Waals surface area contributed by atoms with Crippen molar-refractivity contribution >= 4 is 12.8 Å². The lowest BCUT2D eigenvalue weighted by molar-refractivity contribution is 0.590. The molecule has 0 saturated carbocycles. The predicted molar refractivity (Wildman–Crippen MR) is 91.2 cm³/mol. The van der Waals surface area contributed by atoms with Gasteiger partial charge in [-0.25, -0.2) is 0 Å². The molecule has 0 heterocycles. The zero-order valence-electron chi connectivity index (χ0n) is 13.3. The van der Waals surface area contributed by atoms with Crippen molar-refractivity contribution < 1.29 is 0 Å². The van der Waals surface area contributed by atoms with E-state index in [1.807, 2.05) is 19.1 Å². The van der Waals surface area contributed by atoms with Crippen molar-refractivity contribution in [1.29, 1.82) is 0 Å². The number of benzene rings is 1. The van der Waals surface area contributed by atoms with Crippen molar-refractivity contribution in [2.75, 3.05) is 0 Å². The molecule has 0 aromatic heterocycles. The molecule has 0 unspecified atom stereocenters. The maximum atomic E-state index is 3.85. The van der Waals surface area contributed by atoms with E-state index in [-0.39, 0.29) is 5.41 Å². The maximum Gasteiger partial charge on any atom is 0.0365 e. The van der Waals surface area contributed by atoms with Crippen molar-refractivity contribution in [2.45, 2.75) is 40.0 Å². The molecule has 0 aliphatic heterocycles. The lowest BCUT2D eigenvalue weighted by atomic mass is 9.87. The Morgan fingerprint density at radius 1 is 1.05 bits per heavy atom. The van der Waals surface area contributed by atoms with E-state index >= 15 is 0 Å². The minimum atomic E-state index is 0.206. The van der Waals surface area contributed by atoms with Gasteiger partial charge in [-0.3, -0.25) is 4.99 Å². The molecule has 1 nitrogen and oxygen atoms in total. The molecule has 106 valence electrons. The van der Waals surface area contributed by atoms with Crippen LogP contribution in [-0.2, 0) is 5.41 Å². The fourth-order valence-electron chi connectivity index (χ4n) is 1.68. The van der Waals surface area contributed by atoms with Crippen LogP contribution in [0, 0.1) is 0 Å². The van der Waals surface area contributed by atoms with Crippen molar-refractivity contribution in [1.82, 2.24) is 0 Å². The highest BCUT2D eigenvalue weighted by Crippen LogP contribution is 2.22. The molecular weight excluding hydrogens is 242 g/mol. The molecule has 0 atom stereocenters. The second kappa shape index (κ2) is 7.04. The van der Waals surface area contributed by atoms with Crippen molar-refractivity contribution in [2.24, 2.45) is 4.99 Å². The summed E-state index contributed by atoms with van der Waals surface area (Å²) < 4.78 is 0. The van der Waals surface area contributed by atoms with Gasteiger partial charge < -0.3 is 0 Å². The number of hydrogen-bond donors (Lipinski definition) is 0. The monoisotopic (exact) mass is 267 g/mol. The van der Waals surface area contributed by atoms with Gasteiger partial charge in [0, 0.05) is 5.70 Å². The largest absolute Gasteiger partial charge is 0.269 e. The van der Waals surface area contributed by atoms with E-state index in [9.17, 15) is 0 Å². The van der Waals surface area contributed by atoms with Crippen LogP contribution in [0.2, 0.25) is 0 Å². The third kappa shape index (κ3) is 5.40. The van der Waals surface area contributed by atoms with E-state index in [0.29, 0.717) is 0 Å². The summed E-state index contributed by atoms with van der Waals surface area (Å²) in [6.45, 7) is 14.2. The zero-order valence-corrected chi connectivity index (χ0v) is 13.3. The van der Waals surface area contributed by atoms with E-state index in [1.54, 1.807) is 0 Å². The summed E-state index contributed by atoms with van der Waals surface area (Å²) in [5.41, 5.74) is 4.89. The summed E-state index contributed by atoms with van der Waals surface area (Å²) in [6.07, 6.45) is 8.25. The summed E-state index contributed by atoms with van der Waals surface area (Å²) >= 11 is 0. The number of allylic oxidation sites excluding steroid dienone is 5. The van der Waals surface area contributed by atoms with Gasteiger partial charge in [0.05, 0.1) is 0 Å². The summed E-state index contributed by atoms with van der Waals surface area (Å²) in [5, 5.41) is 0. The minimum absolute atomic E-state index is 0.206. The average Bonchev–Trinajstić information content (AvgIpc) is 2.41. The van der Waals surface area contributed by atoms with Crippen molar-refractivity contribution in [3.63, 3.8) is 0 Å². The SMILES string of the molecule is C=N\C(C)=C/C=C(C)/C=C/c1ccc(C(C)(C)C)cc1. The molecule has 0 N–H and O–H groups in total. The number of aliphatic imine (C=N–C) groups is 1. The molecule has 0 fully saturated rings. The Balaban J connectivity index is 2.79. The van der Waals surface area contributed by atoms with Gasteiger partial charge in [-0.1, -0.05) is 68.8 Å². The smallest absolute Gasteiger partial charge is 0.0365 e. The van der Waals surface area contributed by atoms with Crippen LogP contribution in [0.5, 0.6) is 0 Å². The highest BCUT2D eigenvalue weighted by molar-refractivity contribution is 5.53. The van der Waals surface area contributed by atoms with Gasteiger partial charge in [0.25, 0.3) is 0 Å². The Kier molecular flexibility index (Phi) is 5.69. The fraction of sp³-hybridized carbons (Fsp3) is 0.316. The van der Waals surface area contributed by atoms with E-state index in [1.165, 1.54) is 16.7 Å². The van der Waals surface area contributed by atoms with Gasteiger partial charge in [-0.15, -0.1) is 0 Å². The molecule has 1 aromatic rings. The van der Waals surface area contributed by atoms with Crippen LogP contribution < -0.4 is 0 Å². The van der Waals surface area contributed by atoms with Crippen LogP contribution in [0.25, 0.3) is 6.08 Å². The molecule has 1 rings (SSSR count).